The molecule has 0 nitrogen and oxygen atoms in total. The zero-order chi connectivity index (χ0) is 8.48. The van der Waals surface area contributed by atoms with Crippen molar-refractivity contribution in [1.82, 2.24) is 0 Å². The summed E-state index contributed by atoms with van der Waals surface area (Å²) in [6, 6.07) is 8.56. The maximum Gasteiger partial charge on any atom is -0.147 e. The van der Waals surface area contributed by atoms with Crippen LogP contribution in [-0.4, -0.2) is 0 Å². The molecule has 73 valence electrons. The first-order chi connectivity index (χ1) is 5.02. The molecule has 13 heavy (non-hydrogen) atoms. The minimum absolute atomic E-state index is 0. The molecule has 0 atom stereocenters. The van der Waals surface area contributed by atoms with Gasteiger partial charge in [-0.3, -0.25) is 0 Å². The predicted molar refractivity (Wildman–Crippen MR) is 59.3 cm³/mol. The minimum atomic E-state index is 0. The smallest absolute Gasteiger partial charge is 0.147 e. The van der Waals surface area contributed by atoms with Crippen molar-refractivity contribution < 1.29 is 20.4 Å². The van der Waals surface area contributed by atoms with Crippen molar-refractivity contribution in [3.8, 4) is 0 Å². The molecule has 0 bridgehead atoms. The Balaban J connectivity index is 0. The van der Waals surface area contributed by atoms with E-state index in [-0.39, 0.29) is 30.2 Å². The fourth-order valence-electron chi connectivity index (χ4n) is 1.14. The first-order valence-corrected chi connectivity index (χ1v) is 4.61. The van der Waals surface area contributed by atoms with Crippen LogP contribution in [0, 0.1) is 0 Å². The van der Waals surface area contributed by atoms with Crippen LogP contribution < -0.4 is 3.87 Å². The van der Waals surface area contributed by atoms with Gasteiger partial charge in [-0.25, -0.2) is 0 Å². The van der Waals surface area contributed by atoms with Crippen molar-refractivity contribution in [1.29, 1.82) is 0 Å². The Morgan fingerprint density at radius 3 is 1.77 bits per heavy atom. The molecule has 0 heterocycles. The summed E-state index contributed by atoms with van der Waals surface area (Å²) in [4.78, 5) is 0. The second-order valence-electron chi connectivity index (χ2n) is 3.80. The first-order valence-electron chi connectivity index (χ1n) is 3.83. The van der Waals surface area contributed by atoms with Crippen molar-refractivity contribution in [2.75, 3.05) is 0 Å². The predicted octanol–water partition coefficient (Wildman–Crippen LogP) is 3.00. The maximum absolute atomic E-state index is 2.25. The summed E-state index contributed by atoms with van der Waals surface area (Å²) in [5.41, 5.74) is 1.73. The molecule has 0 aliphatic carbocycles. The van der Waals surface area contributed by atoms with Crippen molar-refractivity contribution in [2.24, 2.45) is 0 Å². The Morgan fingerprint density at radius 2 is 1.46 bits per heavy atom. The van der Waals surface area contributed by atoms with Gasteiger partial charge in [-0.2, -0.15) is 0 Å². The van der Waals surface area contributed by atoms with E-state index in [9.17, 15) is 0 Å². The minimum Gasteiger partial charge on any atom is -0.147 e. The summed E-state index contributed by atoms with van der Waals surface area (Å²) in [7, 11) is 0. The molecule has 0 spiro atoms. The molecule has 0 amide bonds. The van der Waals surface area contributed by atoms with Gasteiger partial charge in [-0.05, 0) is 0 Å². The normalized spacial score (nSPS) is 9.69. The topological polar surface area (TPSA) is 0 Å². The number of halogens is 2. The summed E-state index contributed by atoms with van der Waals surface area (Å²) in [6.45, 7) is 6.74. The van der Waals surface area contributed by atoms with E-state index in [4.69, 9.17) is 0 Å². The van der Waals surface area contributed by atoms with Gasteiger partial charge in [0.1, 0.15) is 0 Å². The monoisotopic (exact) mass is 253 g/mol. The van der Waals surface area contributed by atoms with E-state index in [2.05, 4.69) is 65.5 Å². The van der Waals surface area contributed by atoms with Crippen LogP contribution in [0.25, 0.3) is 0 Å². The number of hydrogen-bond acceptors (Lipinski definition) is 0. The molecular formula is C10H15Cl2Ti. The van der Waals surface area contributed by atoms with E-state index in [1.807, 2.05) is 0 Å². The van der Waals surface area contributed by atoms with Gasteiger partial charge in [-0.1, -0.05) is 0 Å². The van der Waals surface area contributed by atoms with Crippen molar-refractivity contribution in [3.05, 3.63) is 29.8 Å². The average Bonchev–Trinajstić information content (AvgIpc) is 1.86. The molecule has 1 rings (SSSR count). The Morgan fingerprint density at radius 1 is 1.00 bits per heavy atom. The van der Waals surface area contributed by atoms with Crippen LogP contribution in [-0.2, 0) is 25.9 Å². The van der Waals surface area contributed by atoms with E-state index in [1.54, 1.807) is 0 Å². The van der Waals surface area contributed by atoms with Crippen LogP contribution in [0.2, 0.25) is 0 Å². The van der Waals surface area contributed by atoms with Gasteiger partial charge in [0.25, 0.3) is 0 Å². The van der Waals surface area contributed by atoms with Crippen LogP contribution in [0.5, 0.6) is 0 Å². The maximum atomic E-state index is 2.25. The van der Waals surface area contributed by atoms with Gasteiger partial charge < -0.3 is 0 Å². The molecule has 0 aromatic heterocycles. The van der Waals surface area contributed by atoms with E-state index >= 15 is 0 Å². The molecule has 0 unspecified atom stereocenters. The first kappa shape index (κ1) is 16.0. The van der Waals surface area contributed by atoms with Crippen LogP contribution in [0.4, 0.5) is 0 Å². The Labute approximate surface area is 105 Å². The quantitative estimate of drug-likeness (QED) is 0.624. The molecule has 0 saturated carbocycles. The molecule has 0 fully saturated rings. The zero-order valence-corrected chi connectivity index (χ0v) is 11.3. The summed E-state index contributed by atoms with van der Waals surface area (Å²) in [5, 5.41) is 0. The van der Waals surface area contributed by atoms with E-state index in [0.29, 0.717) is 0 Å². The molecular weight excluding hydrogens is 239 g/mol. The van der Waals surface area contributed by atoms with Gasteiger partial charge in [0, 0.05) is 0 Å². The molecule has 0 radical (unpaired) electrons. The van der Waals surface area contributed by atoms with Crippen LogP contribution >= 0.6 is 24.8 Å². The Kier molecular flexibility index (Phi) is 7.47. The summed E-state index contributed by atoms with van der Waals surface area (Å²) in [6.07, 6.45) is 0. The summed E-state index contributed by atoms with van der Waals surface area (Å²) >= 11 is 2.17. The number of rotatable bonds is 0. The number of hydrogen-bond donors (Lipinski definition) is 0. The molecule has 0 aliphatic rings. The van der Waals surface area contributed by atoms with Gasteiger partial charge >= 0.3 is 80.3 Å². The SMILES string of the molecule is CC(C)(C)c1cccc[c]1[Ti].Cl.Cl. The second-order valence-corrected chi connectivity index (χ2v) is 4.64. The van der Waals surface area contributed by atoms with Gasteiger partial charge in [0.2, 0.25) is 0 Å². The zero-order valence-electron chi connectivity index (χ0n) is 8.13. The van der Waals surface area contributed by atoms with Crippen molar-refractivity contribution in [3.63, 3.8) is 0 Å². The van der Waals surface area contributed by atoms with E-state index in [1.165, 1.54) is 9.43 Å². The molecule has 3 heteroatoms. The molecule has 0 N–H and O–H groups in total. The number of benzene rings is 1. The van der Waals surface area contributed by atoms with Crippen molar-refractivity contribution in [2.45, 2.75) is 26.2 Å². The Hall–Kier alpha value is 0.514. The summed E-state index contributed by atoms with van der Waals surface area (Å²) in [5.74, 6) is 0. The third kappa shape index (κ3) is 4.51. The van der Waals surface area contributed by atoms with E-state index < -0.39 is 0 Å². The largest absolute Gasteiger partial charge is 0.147 e. The fourth-order valence-corrected chi connectivity index (χ4v) is 2.00. The standard InChI is InChI=1S/C10H13.2ClH.Ti/c1-10(2,3)9-7-5-4-6-8-9;;;/h4-7H,1-3H3;2*1H;. The van der Waals surface area contributed by atoms with Gasteiger partial charge in [0.05, 0.1) is 0 Å². The third-order valence-electron chi connectivity index (χ3n) is 1.74. The van der Waals surface area contributed by atoms with Gasteiger partial charge in [0.15, 0.2) is 0 Å². The van der Waals surface area contributed by atoms with Crippen LogP contribution in [0.15, 0.2) is 24.3 Å². The van der Waals surface area contributed by atoms with Crippen LogP contribution in [0.3, 0.4) is 0 Å². The fraction of sp³-hybridized carbons (Fsp3) is 0.400. The van der Waals surface area contributed by atoms with Crippen molar-refractivity contribution >= 4 is 28.7 Å². The summed E-state index contributed by atoms with van der Waals surface area (Å²) < 4.78 is 1.39. The van der Waals surface area contributed by atoms with E-state index in [0.717, 1.165) is 0 Å². The molecule has 1 aromatic carbocycles. The molecule has 0 saturated heterocycles. The second kappa shape index (κ2) is 6.08. The third-order valence-corrected chi connectivity index (χ3v) is 2.42. The van der Waals surface area contributed by atoms with Gasteiger partial charge in [-0.15, -0.1) is 24.8 Å². The van der Waals surface area contributed by atoms with Crippen LogP contribution in [0.1, 0.15) is 26.3 Å². The molecule has 0 aliphatic heterocycles. The average molecular weight is 254 g/mol. The molecule has 1 aromatic rings. The Bertz CT molecular complexity index is 253.